The lowest BCUT2D eigenvalue weighted by atomic mass is 9.34. The first kappa shape index (κ1) is 26.4. The molecule has 4 nitrogen and oxygen atoms in total. The van der Waals surface area contributed by atoms with Crippen molar-refractivity contribution in [2.75, 3.05) is 4.90 Å². The number of aromatic nitrogens is 1. The topological polar surface area (TPSA) is 34.6 Å². The zero-order valence-electron chi connectivity index (χ0n) is 26.1. The first-order chi connectivity index (χ1) is 23.0. The Morgan fingerprint density at radius 3 is 2.04 bits per heavy atom. The first-order valence-corrected chi connectivity index (χ1v) is 16.1. The maximum Gasteiger partial charge on any atom is 0.260 e. The van der Waals surface area contributed by atoms with E-state index in [0.29, 0.717) is 0 Å². The van der Waals surface area contributed by atoms with Crippen LogP contribution in [0.1, 0.15) is 25.0 Å². The molecule has 2 aliphatic heterocycles. The molecule has 0 atom stereocenters. The minimum Gasteiger partial charge on any atom is -0.458 e. The molecular weight excluding hydrogens is 575 g/mol. The minimum absolute atomic E-state index is 0.0542. The molecule has 0 amide bonds. The molecule has 1 aromatic heterocycles. The largest absolute Gasteiger partial charge is 0.458 e. The van der Waals surface area contributed by atoms with Crippen LogP contribution in [0.15, 0.2) is 140 Å². The molecule has 7 aromatic rings. The fourth-order valence-electron chi connectivity index (χ4n) is 7.99. The highest BCUT2D eigenvalue weighted by atomic mass is 16.5. The summed E-state index contributed by atoms with van der Waals surface area (Å²) in [6.45, 7) is 4.76. The summed E-state index contributed by atoms with van der Waals surface area (Å²) in [5, 5.41) is 2.43. The molecule has 0 N–H and O–H groups in total. The van der Waals surface area contributed by atoms with Gasteiger partial charge in [-0.25, -0.2) is 0 Å². The molecule has 0 radical (unpaired) electrons. The van der Waals surface area contributed by atoms with Gasteiger partial charge in [0, 0.05) is 40.3 Å². The van der Waals surface area contributed by atoms with E-state index in [1.54, 1.807) is 0 Å². The number of ether oxygens (including phenoxy) is 2. The van der Waals surface area contributed by atoms with Gasteiger partial charge in [0.25, 0.3) is 6.71 Å². The van der Waals surface area contributed by atoms with Crippen molar-refractivity contribution in [1.29, 1.82) is 0 Å². The summed E-state index contributed by atoms with van der Waals surface area (Å²) in [6.07, 6.45) is 3.70. The van der Waals surface area contributed by atoms with Crippen LogP contribution >= 0.6 is 0 Å². The van der Waals surface area contributed by atoms with E-state index in [2.05, 4.69) is 139 Å². The average molecular weight is 605 g/mol. The van der Waals surface area contributed by atoms with Crippen molar-refractivity contribution in [3.63, 3.8) is 0 Å². The van der Waals surface area contributed by atoms with E-state index >= 15 is 0 Å². The van der Waals surface area contributed by atoms with Gasteiger partial charge in [-0.1, -0.05) is 68.4 Å². The maximum atomic E-state index is 6.67. The Labute approximate surface area is 274 Å². The van der Waals surface area contributed by atoms with Gasteiger partial charge < -0.3 is 14.4 Å². The zero-order valence-corrected chi connectivity index (χ0v) is 26.1. The van der Waals surface area contributed by atoms with E-state index in [-0.39, 0.29) is 12.1 Å². The van der Waals surface area contributed by atoms with E-state index in [4.69, 9.17) is 9.47 Å². The molecule has 0 saturated heterocycles. The molecule has 222 valence electrons. The number of fused-ring (bicyclic) bond motifs is 8. The van der Waals surface area contributed by atoms with Gasteiger partial charge >= 0.3 is 0 Å². The Morgan fingerprint density at radius 1 is 0.532 bits per heavy atom. The van der Waals surface area contributed by atoms with Crippen molar-refractivity contribution in [3.05, 3.63) is 151 Å². The number of para-hydroxylation sites is 2. The molecule has 0 saturated carbocycles. The predicted octanol–water partition coefficient (Wildman–Crippen LogP) is 8.74. The molecule has 0 bridgehead atoms. The molecule has 1 aliphatic carbocycles. The Balaban J connectivity index is 1.13. The number of hydrogen-bond donors (Lipinski definition) is 0. The SMILES string of the molecule is CC1(C)c2cc3c(cc2-c2cc4ccc(N(c5ccccc5)c5ccncc5)cc4cc21)Oc1cccc2c1B3c1ccccc1O2. The summed E-state index contributed by atoms with van der Waals surface area (Å²) in [6, 6.07) is 45.4. The fraction of sp³-hybridized carbons (Fsp3) is 0.0714. The summed E-state index contributed by atoms with van der Waals surface area (Å²) in [4.78, 5) is 6.56. The van der Waals surface area contributed by atoms with Crippen LogP contribution in [0.5, 0.6) is 23.0 Å². The van der Waals surface area contributed by atoms with E-state index in [1.807, 2.05) is 24.5 Å². The van der Waals surface area contributed by atoms with E-state index < -0.39 is 0 Å². The molecule has 0 unspecified atom stereocenters. The highest BCUT2D eigenvalue weighted by Gasteiger charge is 2.43. The van der Waals surface area contributed by atoms with Gasteiger partial charge in [-0.2, -0.15) is 0 Å². The number of nitrogens with zero attached hydrogens (tertiary/aromatic N) is 2. The zero-order chi connectivity index (χ0) is 31.3. The lowest BCUT2D eigenvalue weighted by Crippen LogP contribution is -2.57. The van der Waals surface area contributed by atoms with Gasteiger partial charge in [-0.15, -0.1) is 0 Å². The number of hydrogen-bond acceptors (Lipinski definition) is 4. The lowest BCUT2D eigenvalue weighted by molar-refractivity contribution is 0.464. The smallest absolute Gasteiger partial charge is 0.260 e. The molecule has 3 heterocycles. The summed E-state index contributed by atoms with van der Waals surface area (Å²) in [7, 11) is 0. The minimum atomic E-state index is -0.196. The maximum absolute atomic E-state index is 6.67. The van der Waals surface area contributed by atoms with Gasteiger partial charge in [0.15, 0.2) is 0 Å². The van der Waals surface area contributed by atoms with Crippen molar-refractivity contribution < 1.29 is 9.47 Å². The highest BCUT2D eigenvalue weighted by Crippen LogP contribution is 2.52. The van der Waals surface area contributed by atoms with Gasteiger partial charge in [-0.05, 0) is 117 Å². The Hall–Kier alpha value is -5.81. The van der Waals surface area contributed by atoms with Crippen LogP contribution in [-0.2, 0) is 5.41 Å². The van der Waals surface area contributed by atoms with Crippen LogP contribution in [0.4, 0.5) is 17.1 Å². The quantitative estimate of drug-likeness (QED) is 0.189. The van der Waals surface area contributed by atoms with Crippen LogP contribution in [0.3, 0.4) is 0 Å². The third kappa shape index (κ3) is 3.80. The standard InChI is InChI=1S/C42H29BN2O2/c1-42(2)33-23-27-21-30(45(28-9-4-3-5-10-28)29-17-19-44-20-18-29)16-15-26(27)22-31(33)32-24-40-36(25-34(32)42)43-35-11-6-7-12-37(35)46-38-13-8-14-39(47-40)41(38)43/h3-25H,1-2H3. The second kappa shape index (κ2) is 9.60. The average Bonchev–Trinajstić information content (AvgIpc) is 3.31. The summed E-state index contributed by atoms with van der Waals surface area (Å²) >= 11 is 0. The van der Waals surface area contributed by atoms with Crippen LogP contribution in [0.25, 0.3) is 21.9 Å². The number of benzene rings is 6. The van der Waals surface area contributed by atoms with E-state index in [9.17, 15) is 0 Å². The van der Waals surface area contributed by atoms with Crippen molar-refractivity contribution >= 4 is 50.9 Å². The third-order valence-corrected chi connectivity index (χ3v) is 10.2. The molecule has 6 aromatic carbocycles. The van der Waals surface area contributed by atoms with Gasteiger partial charge in [0.2, 0.25) is 0 Å². The lowest BCUT2D eigenvalue weighted by Gasteiger charge is -2.33. The summed E-state index contributed by atoms with van der Waals surface area (Å²) in [5.41, 5.74) is 11.8. The molecule has 5 heteroatoms. The molecular formula is C42H29BN2O2. The highest BCUT2D eigenvalue weighted by molar-refractivity contribution is 6.98. The van der Waals surface area contributed by atoms with Crippen LogP contribution in [0, 0.1) is 0 Å². The predicted molar refractivity (Wildman–Crippen MR) is 192 cm³/mol. The van der Waals surface area contributed by atoms with Gasteiger partial charge in [-0.3, -0.25) is 4.98 Å². The first-order valence-electron chi connectivity index (χ1n) is 16.1. The molecule has 47 heavy (non-hydrogen) atoms. The van der Waals surface area contributed by atoms with Gasteiger partial charge in [0.05, 0.1) is 0 Å². The number of rotatable bonds is 3. The molecule has 0 spiro atoms. The molecule has 0 fully saturated rings. The number of anilines is 3. The van der Waals surface area contributed by atoms with Gasteiger partial charge in [0.1, 0.15) is 23.0 Å². The summed E-state index contributed by atoms with van der Waals surface area (Å²) in [5.74, 6) is 3.58. The van der Waals surface area contributed by atoms with Crippen molar-refractivity contribution in [2.24, 2.45) is 0 Å². The van der Waals surface area contributed by atoms with E-state index in [1.165, 1.54) is 44.0 Å². The second-order valence-electron chi connectivity index (χ2n) is 13.2. The van der Waals surface area contributed by atoms with Crippen molar-refractivity contribution in [1.82, 2.24) is 4.98 Å². The Bertz CT molecular complexity index is 2370. The van der Waals surface area contributed by atoms with E-state index in [0.717, 1.165) is 45.5 Å². The fourth-order valence-corrected chi connectivity index (χ4v) is 7.99. The molecule has 3 aliphatic rings. The van der Waals surface area contributed by atoms with Crippen molar-refractivity contribution in [3.8, 4) is 34.1 Å². The Kier molecular flexibility index (Phi) is 5.40. The molecule has 10 rings (SSSR count). The van der Waals surface area contributed by atoms with Crippen LogP contribution in [0.2, 0.25) is 0 Å². The number of pyridine rings is 1. The third-order valence-electron chi connectivity index (χ3n) is 10.2. The monoisotopic (exact) mass is 604 g/mol. The van der Waals surface area contributed by atoms with Crippen LogP contribution in [-0.4, -0.2) is 11.7 Å². The summed E-state index contributed by atoms with van der Waals surface area (Å²) < 4.78 is 13.0. The Morgan fingerprint density at radius 2 is 1.21 bits per heavy atom. The van der Waals surface area contributed by atoms with Crippen molar-refractivity contribution in [2.45, 2.75) is 19.3 Å². The normalized spacial score (nSPS) is 14.2. The second-order valence-corrected chi connectivity index (χ2v) is 13.2. The van der Waals surface area contributed by atoms with Crippen LogP contribution < -0.4 is 30.8 Å².